The van der Waals surface area contributed by atoms with Crippen LogP contribution < -0.4 is 0 Å². The van der Waals surface area contributed by atoms with E-state index >= 15 is 0 Å². The van der Waals surface area contributed by atoms with Gasteiger partial charge in [-0.3, -0.25) is 0 Å². The van der Waals surface area contributed by atoms with E-state index in [0.29, 0.717) is 17.5 Å². The molecule has 0 bridgehead atoms. The van der Waals surface area contributed by atoms with Gasteiger partial charge in [0.05, 0.1) is 6.61 Å². The standard InChI is InChI=1S/C10H13FO2/c1-2-7-5-8(10(13)6-12)3-4-9(7)11/h3-5,10,12-13H,2,6H2,1H3/t10-/m0/s1. The third-order valence-corrected chi connectivity index (χ3v) is 2.01. The molecule has 2 nitrogen and oxygen atoms in total. The summed E-state index contributed by atoms with van der Waals surface area (Å²) in [5.41, 5.74) is 1.12. The van der Waals surface area contributed by atoms with Gasteiger partial charge in [0, 0.05) is 0 Å². The van der Waals surface area contributed by atoms with Crippen LogP contribution in [0.15, 0.2) is 18.2 Å². The molecular formula is C10H13FO2. The van der Waals surface area contributed by atoms with Crippen LogP contribution >= 0.6 is 0 Å². The first kappa shape index (κ1) is 10.2. The monoisotopic (exact) mass is 184 g/mol. The van der Waals surface area contributed by atoms with Gasteiger partial charge in [0.1, 0.15) is 11.9 Å². The van der Waals surface area contributed by atoms with Gasteiger partial charge in [0.2, 0.25) is 0 Å². The van der Waals surface area contributed by atoms with Crippen molar-refractivity contribution in [1.29, 1.82) is 0 Å². The molecule has 3 heteroatoms. The summed E-state index contributed by atoms with van der Waals surface area (Å²) in [6.45, 7) is 1.50. The largest absolute Gasteiger partial charge is 0.393 e. The van der Waals surface area contributed by atoms with Crippen molar-refractivity contribution in [3.05, 3.63) is 35.1 Å². The van der Waals surface area contributed by atoms with E-state index in [1.165, 1.54) is 12.1 Å². The quantitative estimate of drug-likeness (QED) is 0.745. The van der Waals surface area contributed by atoms with Crippen molar-refractivity contribution >= 4 is 0 Å². The Bertz CT molecular complexity index is 286. The number of hydrogen-bond acceptors (Lipinski definition) is 2. The number of benzene rings is 1. The first-order chi connectivity index (χ1) is 6.19. The van der Waals surface area contributed by atoms with Gasteiger partial charge in [-0.05, 0) is 23.6 Å². The topological polar surface area (TPSA) is 40.5 Å². The number of halogens is 1. The van der Waals surface area contributed by atoms with Crippen LogP contribution in [0, 0.1) is 5.82 Å². The summed E-state index contributed by atoms with van der Waals surface area (Å²) in [6, 6.07) is 4.37. The molecule has 0 aliphatic heterocycles. The fraction of sp³-hybridized carbons (Fsp3) is 0.400. The molecule has 0 fully saturated rings. The van der Waals surface area contributed by atoms with Gasteiger partial charge in [-0.2, -0.15) is 0 Å². The summed E-state index contributed by atoms with van der Waals surface area (Å²) >= 11 is 0. The lowest BCUT2D eigenvalue weighted by atomic mass is 10.0. The lowest BCUT2D eigenvalue weighted by molar-refractivity contribution is 0.0955. The van der Waals surface area contributed by atoms with Crippen LogP contribution in [0.25, 0.3) is 0 Å². The second kappa shape index (κ2) is 4.35. The molecule has 1 aromatic carbocycles. The molecule has 1 aromatic rings. The molecule has 0 aromatic heterocycles. The van der Waals surface area contributed by atoms with E-state index in [1.54, 1.807) is 6.07 Å². The normalized spacial score (nSPS) is 12.9. The smallest absolute Gasteiger partial charge is 0.126 e. The fourth-order valence-electron chi connectivity index (χ4n) is 1.18. The number of rotatable bonds is 3. The Morgan fingerprint density at radius 3 is 2.69 bits per heavy atom. The Hall–Kier alpha value is -0.930. The highest BCUT2D eigenvalue weighted by molar-refractivity contribution is 5.26. The first-order valence-electron chi connectivity index (χ1n) is 4.26. The van der Waals surface area contributed by atoms with Crippen LogP contribution in [-0.4, -0.2) is 16.8 Å². The van der Waals surface area contributed by atoms with Crippen LogP contribution in [-0.2, 0) is 6.42 Å². The highest BCUT2D eigenvalue weighted by atomic mass is 19.1. The maximum absolute atomic E-state index is 13.0. The third kappa shape index (κ3) is 2.26. The highest BCUT2D eigenvalue weighted by Crippen LogP contribution is 2.17. The minimum Gasteiger partial charge on any atom is -0.393 e. The van der Waals surface area contributed by atoms with E-state index < -0.39 is 6.10 Å². The average Bonchev–Trinajstić information content (AvgIpc) is 2.17. The van der Waals surface area contributed by atoms with Gasteiger partial charge in [-0.15, -0.1) is 0 Å². The number of aliphatic hydroxyl groups is 2. The van der Waals surface area contributed by atoms with Gasteiger partial charge in [-0.25, -0.2) is 4.39 Å². The van der Waals surface area contributed by atoms with Crippen molar-refractivity contribution in [2.24, 2.45) is 0 Å². The van der Waals surface area contributed by atoms with E-state index in [2.05, 4.69) is 0 Å². The lowest BCUT2D eigenvalue weighted by Gasteiger charge is -2.09. The van der Waals surface area contributed by atoms with Crippen molar-refractivity contribution in [2.45, 2.75) is 19.4 Å². The van der Waals surface area contributed by atoms with Gasteiger partial charge in [0.15, 0.2) is 0 Å². The number of hydrogen-bond donors (Lipinski definition) is 2. The minimum atomic E-state index is -0.911. The summed E-state index contributed by atoms with van der Waals surface area (Å²) in [5, 5.41) is 17.9. The molecule has 1 rings (SSSR count). The van der Waals surface area contributed by atoms with Crippen molar-refractivity contribution in [1.82, 2.24) is 0 Å². The second-order valence-corrected chi connectivity index (χ2v) is 2.90. The minimum absolute atomic E-state index is 0.267. The van der Waals surface area contributed by atoms with E-state index in [-0.39, 0.29) is 12.4 Å². The SMILES string of the molecule is CCc1cc([C@@H](O)CO)ccc1F. The highest BCUT2D eigenvalue weighted by Gasteiger charge is 2.08. The Morgan fingerprint density at radius 2 is 2.15 bits per heavy atom. The molecule has 2 N–H and O–H groups in total. The Kier molecular flexibility index (Phi) is 3.39. The molecule has 0 amide bonds. The van der Waals surface area contributed by atoms with Crippen LogP contribution in [0.1, 0.15) is 24.2 Å². The Balaban J connectivity index is 2.99. The zero-order chi connectivity index (χ0) is 9.84. The fourth-order valence-corrected chi connectivity index (χ4v) is 1.18. The maximum atomic E-state index is 13.0. The molecule has 0 aliphatic rings. The Labute approximate surface area is 76.6 Å². The molecule has 13 heavy (non-hydrogen) atoms. The molecular weight excluding hydrogens is 171 g/mol. The first-order valence-corrected chi connectivity index (χ1v) is 4.26. The van der Waals surface area contributed by atoms with Gasteiger partial charge in [-0.1, -0.05) is 19.1 Å². The van der Waals surface area contributed by atoms with Crippen molar-refractivity contribution in [2.75, 3.05) is 6.61 Å². The third-order valence-electron chi connectivity index (χ3n) is 2.01. The molecule has 1 atom stereocenters. The van der Waals surface area contributed by atoms with Crippen molar-refractivity contribution in [3.8, 4) is 0 Å². The second-order valence-electron chi connectivity index (χ2n) is 2.90. The summed E-state index contributed by atoms with van der Waals surface area (Å²) in [4.78, 5) is 0. The van der Waals surface area contributed by atoms with Crippen molar-refractivity contribution < 1.29 is 14.6 Å². The molecule has 0 unspecified atom stereocenters. The summed E-state index contributed by atoms with van der Waals surface area (Å²) in [6.07, 6.45) is -0.330. The zero-order valence-corrected chi connectivity index (χ0v) is 7.50. The average molecular weight is 184 g/mol. The van der Waals surface area contributed by atoms with Gasteiger partial charge >= 0.3 is 0 Å². The molecule has 0 radical (unpaired) electrons. The van der Waals surface area contributed by atoms with E-state index in [9.17, 15) is 9.50 Å². The van der Waals surface area contributed by atoms with E-state index in [4.69, 9.17) is 5.11 Å². The number of aliphatic hydroxyl groups excluding tert-OH is 2. The molecule has 72 valence electrons. The summed E-state index contributed by atoms with van der Waals surface area (Å²) in [7, 11) is 0. The van der Waals surface area contributed by atoms with Crippen LogP contribution in [0.3, 0.4) is 0 Å². The lowest BCUT2D eigenvalue weighted by Crippen LogP contribution is -2.03. The molecule has 0 spiro atoms. The van der Waals surface area contributed by atoms with E-state index in [1.807, 2.05) is 6.92 Å². The van der Waals surface area contributed by atoms with Crippen LogP contribution in [0.2, 0.25) is 0 Å². The van der Waals surface area contributed by atoms with E-state index in [0.717, 1.165) is 0 Å². The molecule has 0 saturated heterocycles. The summed E-state index contributed by atoms with van der Waals surface area (Å²) < 4.78 is 13.0. The predicted molar refractivity (Wildman–Crippen MR) is 47.8 cm³/mol. The van der Waals surface area contributed by atoms with Gasteiger partial charge in [0.25, 0.3) is 0 Å². The van der Waals surface area contributed by atoms with Crippen molar-refractivity contribution in [3.63, 3.8) is 0 Å². The molecule has 0 aliphatic carbocycles. The number of aryl methyl sites for hydroxylation is 1. The van der Waals surface area contributed by atoms with Crippen LogP contribution in [0.4, 0.5) is 4.39 Å². The molecule has 0 heterocycles. The maximum Gasteiger partial charge on any atom is 0.126 e. The molecule has 0 saturated carbocycles. The van der Waals surface area contributed by atoms with Gasteiger partial charge < -0.3 is 10.2 Å². The summed E-state index contributed by atoms with van der Waals surface area (Å²) in [5.74, 6) is -0.267. The zero-order valence-electron chi connectivity index (χ0n) is 7.50. The predicted octanol–water partition coefficient (Wildman–Crippen LogP) is 1.41. The van der Waals surface area contributed by atoms with Crippen LogP contribution in [0.5, 0.6) is 0 Å². The Morgan fingerprint density at radius 1 is 1.46 bits per heavy atom.